The second-order valence-corrected chi connectivity index (χ2v) is 3.71. The molecule has 0 aromatic carbocycles. The highest BCUT2D eigenvalue weighted by atomic mass is 16.5. The maximum atomic E-state index is 11.7. The van der Waals surface area contributed by atoms with Crippen molar-refractivity contribution in [3.63, 3.8) is 0 Å². The molecule has 8 nitrogen and oxygen atoms in total. The number of carbonyl (C=O) groups excluding carboxylic acids is 2. The topological polar surface area (TPSA) is 140 Å². The van der Waals surface area contributed by atoms with Gasteiger partial charge in [-0.15, -0.1) is 0 Å². The average Bonchev–Trinajstić information content (AvgIpc) is 2.23. The lowest BCUT2D eigenvalue weighted by Crippen LogP contribution is -2.43. The monoisotopic (exact) mass is 246 g/mol. The molecule has 1 atom stereocenters. The van der Waals surface area contributed by atoms with Crippen LogP contribution in [0.5, 0.6) is 0 Å². The molecule has 0 spiro atoms. The summed E-state index contributed by atoms with van der Waals surface area (Å²) in [6, 6.07) is 0. The lowest BCUT2D eigenvalue weighted by atomic mass is 9.94. The van der Waals surface area contributed by atoms with E-state index in [2.05, 4.69) is 15.2 Å². The first-order valence-corrected chi connectivity index (χ1v) is 5.07. The largest absolute Gasteiger partial charge is 0.448 e. The first-order chi connectivity index (χ1) is 7.90. The van der Waals surface area contributed by atoms with Gasteiger partial charge >= 0.3 is 6.09 Å². The Balaban J connectivity index is 4.21. The van der Waals surface area contributed by atoms with Gasteiger partial charge < -0.3 is 26.7 Å². The first-order valence-electron chi connectivity index (χ1n) is 5.07. The van der Waals surface area contributed by atoms with Crippen LogP contribution in [0.15, 0.2) is 5.16 Å². The van der Waals surface area contributed by atoms with Gasteiger partial charge in [-0.05, 0) is 5.92 Å². The van der Waals surface area contributed by atoms with Crippen molar-refractivity contribution < 1.29 is 19.5 Å². The molecular weight excluding hydrogens is 228 g/mol. The minimum Gasteiger partial charge on any atom is -0.448 e. The molecule has 6 N–H and O–H groups in total. The Labute approximate surface area is 99.0 Å². The zero-order valence-corrected chi connectivity index (χ0v) is 9.84. The van der Waals surface area contributed by atoms with E-state index in [1.165, 1.54) is 0 Å². The van der Waals surface area contributed by atoms with E-state index in [-0.39, 0.29) is 24.9 Å². The van der Waals surface area contributed by atoms with Gasteiger partial charge in [-0.25, -0.2) is 4.79 Å². The van der Waals surface area contributed by atoms with E-state index in [0.29, 0.717) is 0 Å². The molecule has 0 heterocycles. The van der Waals surface area contributed by atoms with Crippen molar-refractivity contribution in [2.75, 3.05) is 13.2 Å². The number of nitrogens with one attached hydrogen (secondary N) is 1. The Kier molecular flexibility index (Phi) is 6.46. The van der Waals surface area contributed by atoms with Crippen molar-refractivity contribution >= 4 is 17.8 Å². The number of rotatable bonds is 6. The van der Waals surface area contributed by atoms with Crippen LogP contribution in [0.4, 0.5) is 4.79 Å². The lowest BCUT2D eigenvalue weighted by Gasteiger charge is -2.18. The molecule has 0 saturated carbocycles. The molecule has 0 aromatic heterocycles. The fourth-order valence-electron chi connectivity index (χ4n) is 1.28. The van der Waals surface area contributed by atoms with E-state index in [4.69, 9.17) is 16.7 Å². The summed E-state index contributed by atoms with van der Waals surface area (Å²) >= 11 is 0. The maximum absolute atomic E-state index is 11.7. The number of amidine groups is 1. The minimum absolute atomic E-state index is 0.0257. The van der Waals surface area contributed by atoms with E-state index >= 15 is 0 Å². The normalized spacial score (nSPS) is 13.2. The van der Waals surface area contributed by atoms with Gasteiger partial charge in [0.1, 0.15) is 12.5 Å². The Morgan fingerprint density at radius 3 is 2.41 bits per heavy atom. The molecule has 0 rings (SSSR count). The highest BCUT2D eigenvalue weighted by molar-refractivity contribution is 6.02. The average molecular weight is 246 g/mol. The van der Waals surface area contributed by atoms with E-state index < -0.39 is 17.9 Å². The molecule has 1 unspecified atom stereocenters. The van der Waals surface area contributed by atoms with Crippen molar-refractivity contribution in [1.29, 1.82) is 0 Å². The summed E-state index contributed by atoms with van der Waals surface area (Å²) in [5.41, 5.74) is 10.1. The molecule has 0 fully saturated rings. The summed E-state index contributed by atoms with van der Waals surface area (Å²) < 4.78 is 4.43. The molecule has 2 amide bonds. The van der Waals surface area contributed by atoms with Gasteiger partial charge in [-0.3, -0.25) is 4.79 Å². The zero-order valence-electron chi connectivity index (χ0n) is 9.84. The standard InChI is InChI=1S/C9H18N4O4/c1-5(2)6(7(10)13-16)8(14)12-3-4-17-9(11)15/h5-6,16H,3-4H2,1-2H3,(H2,10,13)(H2,11,15)(H,12,14). The molecule has 0 aromatic rings. The fourth-order valence-corrected chi connectivity index (χ4v) is 1.28. The predicted molar refractivity (Wildman–Crippen MR) is 60.3 cm³/mol. The number of nitrogens with zero attached hydrogens (tertiary/aromatic N) is 1. The molecule has 0 bridgehead atoms. The Morgan fingerprint density at radius 2 is 2.00 bits per heavy atom. The van der Waals surface area contributed by atoms with Gasteiger partial charge in [0.05, 0.1) is 6.54 Å². The van der Waals surface area contributed by atoms with Crippen molar-refractivity contribution in [1.82, 2.24) is 5.32 Å². The van der Waals surface area contributed by atoms with Crippen LogP contribution in [0, 0.1) is 11.8 Å². The molecule has 0 saturated heterocycles. The Bertz CT molecular complexity index is 303. The van der Waals surface area contributed by atoms with Crippen molar-refractivity contribution in [3.8, 4) is 0 Å². The first kappa shape index (κ1) is 15.0. The third-order valence-electron chi connectivity index (χ3n) is 2.03. The van der Waals surface area contributed by atoms with Crippen LogP contribution < -0.4 is 16.8 Å². The number of oxime groups is 1. The summed E-state index contributed by atoms with van der Waals surface area (Å²) in [7, 11) is 0. The molecule has 17 heavy (non-hydrogen) atoms. The SMILES string of the molecule is CC(C)C(C(=O)NCCOC(N)=O)C(N)=NO. The third kappa shape index (κ3) is 5.59. The van der Waals surface area contributed by atoms with Crippen molar-refractivity contribution in [2.24, 2.45) is 28.5 Å². The maximum Gasteiger partial charge on any atom is 0.404 e. The van der Waals surface area contributed by atoms with Gasteiger partial charge in [-0.2, -0.15) is 0 Å². The number of nitrogens with two attached hydrogens (primary N) is 2. The van der Waals surface area contributed by atoms with Crippen LogP contribution in [0.1, 0.15) is 13.8 Å². The number of primary amides is 1. The highest BCUT2D eigenvalue weighted by Gasteiger charge is 2.26. The predicted octanol–water partition coefficient (Wildman–Crippen LogP) is -0.783. The number of hydrogen-bond donors (Lipinski definition) is 4. The molecule has 0 aliphatic rings. The van der Waals surface area contributed by atoms with Crippen LogP contribution in [0.2, 0.25) is 0 Å². The molecule has 0 aliphatic heterocycles. The third-order valence-corrected chi connectivity index (χ3v) is 2.03. The van der Waals surface area contributed by atoms with Crippen molar-refractivity contribution in [2.45, 2.75) is 13.8 Å². The summed E-state index contributed by atoms with van der Waals surface area (Å²) in [5.74, 6) is -1.41. The van der Waals surface area contributed by atoms with E-state index in [9.17, 15) is 9.59 Å². The smallest absolute Gasteiger partial charge is 0.404 e. The van der Waals surface area contributed by atoms with Crippen LogP contribution in [-0.2, 0) is 9.53 Å². The molecule has 0 radical (unpaired) electrons. The zero-order chi connectivity index (χ0) is 13.4. The number of ether oxygens (including phenoxy) is 1. The molecule has 8 heteroatoms. The Morgan fingerprint density at radius 1 is 1.41 bits per heavy atom. The van der Waals surface area contributed by atoms with Crippen LogP contribution in [0.25, 0.3) is 0 Å². The second-order valence-electron chi connectivity index (χ2n) is 3.71. The second kappa shape index (κ2) is 7.31. The van der Waals surface area contributed by atoms with E-state index in [1.807, 2.05) is 0 Å². The molecule has 0 aliphatic carbocycles. The lowest BCUT2D eigenvalue weighted by molar-refractivity contribution is -0.124. The number of amides is 2. The van der Waals surface area contributed by atoms with Gasteiger partial charge in [0.25, 0.3) is 0 Å². The Hall–Kier alpha value is -1.99. The molecule has 98 valence electrons. The van der Waals surface area contributed by atoms with E-state index in [0.717, 1.165) is 0 Å². The van der Waals surface area contributed by atoms with Gasteiger partial charge in [0.2, 0.25) is 5.91 Å². The quantitative estimate of drug-likeness (QED) is 0.160. The minimum atomic E-state index is -0.906. The summed E-state index contributed by atoms with van der Waals surface area (Å²) in [6.45, 7) is 3.62. The number of carbonyl (C=O) groups is 2. The van der Waals surface area contributed by atoms with Crippen LogP contribution in [-0.4, -0.2) is 36.2 Å². The van der Waals surface area contributed by atoms with Gasteiger partial charge in [0.15, 0.2) is 5.84 Å². The molecular formula is C9H18N4O4. The fraction of sp³-hybridized carbons (Fsp3) is 0.667. The van der Waals surface area contributed by atoms with E-state index in [1.54, 1.807) is 13.8 Å². The van der Waals surface area contributed by atoms with Gasteiger partial charge in [-0.1, -0.05) is 19.0 Å². The van der Waals surface area contributed by atoms with Crippen molar-refractivity contribution in [3.05, 3.63) is 0 Å². The van der Waals surface area contributed by atoms with Gasteiger partial charge in [0, 0.05) is 0 Å². The summed E-state index contributed by atoms with van der Waals surface area (Å²) in [6.07, 6.45) is -0.906. The number of hydrogen-bond acceptors (Lipinski definition) is 5. The highest BCUT2D eigenvalue weighted by Crippen LogP contribution is 2.10. The summed E-state index contributed by atoms with van der Waals surface area (Å²) in [4.78, 5) is 21.9. The summed E-state index contributed by atoms with van der Waals surface area (Å²) in [5, 5.41) is 13.9. The van der Waals surface area contributed by atoms with Crippen LogP contribution >= 0.6 is 0 Å². The van der Waals surface area contributed by atoms with Crippen LogP contribution in [0.3, 0.4) is 0 Å².